The van der Waals surface area contributed by atoms with Gasteiger partial charge in [-0.15, -0.1) is 0 Å². The van der Waals surface area contributed by atoms with E-state index < -0.39 is 11.7 Å². The molecule has 1 aliphatic carbocycles. The molecule has 0 aromatic heterocycles. The van der Waals surface area contributed by atoms with Crippen LogP contribution >= 0.6 is 0 Å². The molecule has 0 bridgehead atoms. The quantitative estimate of drug-likeness (QED) is 0.531. The maximum Gasteiger partial charge on any atom is 0.436 e. The first kappa shape index (κ1) is 22.5. The molecule has 1 aliphatic rings. The molecule has 6 heteroatoms. The summed E-state index contributed by atoms with van der Waals surface area (Å²) in [6.07, 6.45) is 3.84. The molecule has 31 heavy (non-hydrogen) atoms. The lowest BCUT2D eigenvalue weighted by atomic mass is 9.82. The van der Waals surface area contributed by atoms with Crippen molar-refractivity contribution in [1.29, 1.82) is 0 Å². The average Bonchev–Trinajstić information content (AvgIpc) is 2.72. The second kappa shape index (κ2) is 9.33. The lowest BCUT2D eigenvalue weighted by Crippen LogP contribution is -2.24. The Morgan fingerprint density at radius 2 is 1.77 bits per heavy atom. The van der Waals surface area contributed by atoms with Gasteiger partial charge in [-0.05, 0) is 81.3 Å². The first-order chi connectivity index (χ1) is 14.6. The van der Waals surface area contributed by atoms with E-state index in [9.17, 15) is 9.59 Å². The summed E-state index contributed by atoms with van der Waals surface area (Å²) >= 11 is 0. The number of aliphatic imine (C=N–C) groups is 1. The van der Waals surface area contributed by atoms with Gasteiger partial charge in [0.1, 0.15) is 11.4 Å². The monoisotopic (exact) mass is 421 g/mol. The Hall–Kier alpha value is -3.15. The fraction of sp³-hybridized carbons (Fsp3) is 0.400. The van der Waals surface area contributed by atoms with Gasteiger partial charge < -0.3 is 15.8 Å². The van der Waals surface area contributed by atoms with Gasteiger partial charge in [-0.1, -0.05) is 31.5 Å². The highest BCUT2D eigenvalue weighted by molar-refractivity contribution is 6.06. The van der Waals surface area contributed by atoms with Crippen molar-refractivity contribution >= 4 is 23.5 Å². The fourth-order valence-corrected chi connectivity index (χ4v) is 3.70. The standard InChI is InChI=1S/C25H31N3O3/c1-5-16-6-7-20-15-21(13-12-19(20)14-16)27-23(29)18-10-8-17(9-11-18)22(26)28-24(30)31-25(2,3)4/h8-13,15-16H,5-7,14H2,1-4H3,(H,27,29)(H2,26,28,30). The van der Waals surface area contributed by atoms with Crippen LogP contribution < -0.4 is 11.1 Å². The molecule has 0 aliphatic heterocycles. The van der Waals surface area contributed by atoms with Crippen LogP contribution in [0.1, 0.15) is 67.6 Å². The summed E-state index contributed by atoms with van der Waals surface area (Å²) in [4.78, 5) is 28.2. The molecule has 0 heterocycles. The summed E-state index contributed by atoms with van der Waals surface area (Å²) in [5.41, 5.74) is 9.81. The molecule has 1 unspecified atom stereocenters. The van der Waals surface area contributed by atoms with Crippen molar-refractivity contribution in [3.63, 3.8) is 0 Å². The van der Waals surface area contributed by atoms with Gasteiger partial charge in [0.25, 0.3) is 5.91 Å². The largest absolute Gasteiger partial charge is 0.442 e. The van der Waals surface area contributed by atoms with Crippen molar-refractivity contribution in [1.82, 2.24) is 0 Å². The van der Waals surface area contributed by atoms with E-state index in [1.807, 2.05) is 6.07 Å². The van der Waals surface area contributed by atoms with Crippen LogP contribution in [0.3, 0.4) is 0 Å². The Kier molecular flexibility index (Phi) is 6.78. The van der Waals surface area contributed by atoms with Gasteiger partial charge in [0.15, 0.2) is 0 Å². The van der Waals surface area contributed by atoms with Gasteiger partial charge in [0, 0.05) is 16.8 Å². The second-order valence-corrected chi connectivity index (χ2v) is 9.01. The molecular weight excluding hydrogens is 390 g/mol. The molecule has 1 atom stereocenters. The Morgan fingerprint density at radius 3 is 2.42 bits per heavy atom. The highest BCUT2D eigenvalue weighted by atomic mass is 16.6. The van der Waals surface area contributed by atoms with Crippen molar-refractivity contribution in [2.24, 2.45) is 16.6 Å². The molecule has 2 aromatic carbocycles. The summed E-state index contributed by atoms with van der Waals surface area (Å²) in [6, 6.07) is 12.8. The molecule has 6 nitrogen and oxygen atoms in total. The van der Waals surface area contributed by atoms with Gasteiger partial charge in [-0.2, -0.15) is 4.99 Å². The second-order valence-electron chi connectivity index (χ2n) is 9.01. The number of carbonyl (C=O) groups is 2. The predicted octanol–water partition coefficient (Wildman–Crippen LogP) is 5.09. The smallest absolute Gasteiger partial charge is 0.436 e. The number of nitrogens with zero attached hydrogens (tertiary/aromatic N) is 1. The number of amidine groups is 1. The van der Waals surface area contributed by atoms with Crippen LogP contribution in [0.5, 0.6) is 0 Å². The summed E-state index contributed by atoms with van der Waals surface area (Å²) in [5.74, 6) is 0.607. The van der Waals surface area contributed by atoms with Crippen LogP contribution in [0.25, 0.3) is 0 Å². The minimum atomic E-state index is -0.746. The zero-order chi connectivity index (χ0) is 22.6. The molecule has 3 N–H and O–H groups in total. The number of benzene rings is 2. The summed E-state index contributed by atoms with van der Waals surface area (Å²) < 4.78 is 5.14. The van der Waals surface area contributed by atoms with E-state index in [2.05, 4.69) is 29.4 Å². The molecule has 164 valence electrons. The number of nitrogens with two attached hydrogens (primary N) is 1. The van der Waals surface area contributed by atoms with E-state index in [4.69, 9.17) is 10.5 Å². The molecule has 0 spiro atoms. The van der Waals surface area contributed by atoms with Crippen LogP contribution in [0, 0.1) is 5.92 Å². The highest BCUT2D eigenvalue weighted by Gasteiger charge is 2.18. The summed E-state index contributed by atoms with van der Waals surface area (Å²) in [6.45, 7) is 7.52. The molecule has 2 aromatic rings. The zero-order valence-electron chi connectivity index (χ0n) is 18.7. The van der Waals surface area contributed by atoms with Gasteiger partial charge in [-0.25, -0.2) is 4.79 Å². The Morgan fingerprint density at radius 1 is 1.10 bits per heavy atom. The number of ether oxygens (including phenoxy) is 1. The number of nitrogens with one attached hydrogen (secondary N) is 1. The van der Waals surface area contributed by atoms with E-state index in [1.165, 1.54) is 24.0 Å². The van der Waals surface area contributed by atoms with Crippen LogP contribution in [0.15, 0.2) is 47.5 Å². The number of carbonyl (C=O) groups excluding carboxylic acids is 2. The van der Waals surface area contributed by atoms with E-state index >= 15 is 0 Å². The molecule has 2 amide bonds. The van der Waals surface area contributed by atoms with Crippen LogP contribution in [-0.2, 0) is 17.6 Å². The van der Waals surface area contributed by atoms with E-state index in [-0.39, 0.29) is 11.7 Å². The first-order valence-corrected chi connectivity index (χ1v) is 10.8. The number of fused-ring (bicyclic) bond motifs is 1. The number of anilines is 1. The Labute approximate surface area is 183 Å². The van der Waals surface area contributed by atoms with E-state index in [1.54, 1.807) is 45.0 Å². The third-order valence-corrected chi connectivity index (χ3v) is 5.42. The summed E-state index contributed by atoms with van der Waals surface area (Å²) in [7, 11) is 0. The predicted molar refractivity (Wildman–Crippen MR) is 124 cm³/mol. The van der Waals surface area contributed by atoms with Crippen LogP contribution in [0.4, 0.5) is 10.5 Å². The third-order valence-electron chi connectivity index (χ3n) is 5.42. The maximum absolute atomic E-state index is 12.6. The number of hydrogen-bond acceptors (Lipinski definition) is 3. The van der Waals surface area contributed by atoms with Crippen molar-refractivity contribution in [3.8, 4) is 0 Å². The lowest BCUT2D eigenvalue weighted by molar-refractivity contribution is 0.0604. The molecule has 0 saturated heterocycles. The molecule has 0 fully saturated rings. The molecular formula is C25H31N3O3. The van der Waals surface area contributed by atoms with Gasteiger partial charge in [-0.3, -0.25) is 4.79 Å². The van der Waals surface area contributed by atoms with Crippen LogP contribution in [0.2, 0.25) is 0 Å². The minimum Gasteiger partial charge on any atom is -0.442 e. The Balaban J connectivity index is 1.65. The van der Waals surface area contributed by atoms with Gasteiger partial charge >= 0.3 is 6.09 Å². The van der Waals surface area contributed by atoms with Gasteiger partial charge in [0.05, 0.1) is 0 Å². The normalized spacial score (nSPS) is 16.4. The number of aryl methyl sites for hydroxylation is 1. The third kappa shape index (κ3) is 6.17. The molecule has 0 saturated carbocycles. The van der Waals surface area contributed by atoms with Crippen LogP contribution in [-0.4, -0.2) is 23.4 Å². The summed E-state index contributed by atoms with van der Waals surface area (Å²) in [5, 5.41) is 2.97. The SMILES string of the molecule is CCC1CCc2cc(NC(=O)c3ccc(C(N)=NC(=O)OC(C)(C)C)cc3)ccc2C1. The van der Waals surface area contributed by atoms with Crippen molar-refractivity contribution in [3.05, 3.63) is 64.7 Å². The van der Waals surface area contributed by atoms with Crippen molar-refractivity contribution < 1.29 is 14.3 Å². The Bertz CT molecular complexity index is 988. The lowest BCUT2D eigenvalue weighted by Gasteiger charge is -2.24. The number of amides is 2. The fourth-order valence-electron chi connectivity index (χ4n) is 3.70. The minimum absolute atomic E-state index is 0.0429. The average molecular weight is 422 g/mol. The maximum atomic E-state index is 12.6. The topological polar surface area (TPSA) is 93.8 Å². The highest BCUT2D eigenvalue weighted by Crippen LogP contribution is 2.29. The van der Waals surface area contributed by atoms with Crippen molar-refractivity contribution in [2.45, 2.75) is 59.0 Å². The first-order valence-electron chi connectivity index (χ1n) is 10.8. The molecule has 3 rings (SSSR count). The molecule has 0 radical (unpaired) electrons. The van der Waals surface area contributed by atoms with Crippen molar-refractivity contribution in [2.75, 3.05) is 5.32 Å². The number of hydrogen-bond donors (Lipinski definition) is 2. The van der Waals surface area contributed by atoms with Gasteiger partial charge in [0.2, 0.25) is 0 Å². The zero-order valence-corrected chi connectivity index (χ0v) is 18.7. The van der Waals surface area contributed by atoms with E-state index in [0.29, 0.717) is 11.1 Å². The number of rotatable bonds is 4. The van der Waals surface area contributed by atoms with E-state index in [0.717, 1.165) is 24.4 Å².